The molecule has 4 heteroatoms. The van der Waals surface area contributed by atoms with Crippen molar-refractivity contribution in [2.75, 3.05) is 6.26 Å². The van der Waals surface area contributed by atoms with Crippen molar-refractivity contribution in [3.63, 3.8) is 0 Å². The van der Waals surface area contributed by atoms with Gasteiger partial charge in [-0.3, -0.25) is 4.79 Å². The summed E-state index contributed by atoms with van der Waals surface area (Å²) in [5, 5.41) is 0.353. The third-order valence-electron chi connectivity index (χ3n) is 3.25. The zero-order valence-electron chi connectivity index (χ0n) is 10.8. The lowest BCUT2D eigenvalue weighted by molar-refractivity contribution is 0.104. The maximum Gasteiger partial charge on any atom is 0.195 e. The van der Waals surface area contributed by atoms with E-state index in [0.29, 0.717) is 22.0 Å². The number of aromatic nitrogens is 1. The van der Waals surface area contributed by atoms with Gasteiger partial charge in [0.05, 0.1) is 5.56 Å². The highest BCUT2D eigenvalue weighted by molar-refractivity contribution is 7.98. The zero-order valence-corrected chi connectivity index (χ0v) is 11.6. The number of rotatable bonds is 3. The van der Waals surface area contributed by atoms with Crippen molar-refractivity contribution in [2.24, 2.45) is 0 Å². The molecule has 0 radical (unpaired) electrons. The van der Waals surface area contributed by atoms with Crippen LogP contribution in [0.2, 0.25) is 0 Å². The van der Waals surface area contributed by atoms with Gasteiger partial charge < -0.3 is 4.98 Å². The van der Waals surface area contributed by atoms with Gasteiger partial charge in [0.15, 0.2) is 5.78 Å². The van der Waals surface area contributed by atoms with Gasteiger partial charge in [0.25, 0.3) is 0 Å². The van der Waals surface area contributed by atoms with Crippen LogP contribution in [0.25, 0.3) is 10.9 Å². The predicted octanol–water partition coefficient (Wildman–Crippen LogP) is 4.26. The maximum atomic E-state index is 13.9. The summed E-state index contributed by atoms with van der Waals surface area (Å²) in [6.07, 6.45) is 3.55. The summed E-state index contributed by atoms with van der Waals surface area (Å²) in [6.45, 7) is 0. The molecule has 0 saturated heterocycles. The Morgan fingerprint density at radius 3 is 2.60 bits per heavy atom. The lowest BCUT2D eigenvalue weighted by Crippen LogP contribution is -2.00. The number of hydrogen-bond donors (Lipinski definition) is 1. The molecule has 0 atom stereocenters. The summed E-state index contributed by atoms with van der Waals surface area (Å²) in [6, 6.07) is 12.1. The molecule has 3 rings (SSSR count). The van der Waals surface area contributed by atoms with E-state index in [9.17, 15) is 9.18 Å². The molecule has 3 aromatic rings. The Hall–Kier alpha value is -2.07. The zero-order chi connectivity index (χ0) is 14.1. The Labute approximate surface area is 120 Å². The number of nitrogens with one attached hydrogen (secondary N) is 1. The number of aromatic amines is 1. The van der Waals surface area contributed by atoms with Gasteiger partial charge >= 0.3 is 0 Å². The van der Waals surface area contributed by atoms with Gasteiger partial charge in [-0.05, 0) is 42.7 Å². The standard InChI is InChI=1S/C16H12FNOS/c1-20-11-7-5-10(6-8-11)16(19)12-9-18-14-4-2-3-13(17)15(12)14/h2-9,18H,1H3. The predicted molar refractivity (Wildman–Crippen MR) is 79.9 cm³/mol. The molecule has 1 heterocycles. The molecule has 0 aliphatic rings. The first-order valence-corrected chi connectivity index (χ1v) is 7.37. The number of carbonyl (C=O) groups is 1. The maximum absolute atomic E-state index is 13.9. The van der Waals surface area contributed by atoms with Gasteiger partial charge in [-0.15, -0.1) is 11.8 Å². The van der Waals surface area contributed by atoms with Gasteiger partial charge in [0, 0.05) is 27.6 Å². The van der Waals surface area contributed by atoms with E-state index < -0.39 is 0 Å². The third-order valence-corrected chi connectivity index (χ3v) is 4.00. The summed E-state index contributed by atoms with van der Waals surface area (Å²) >= 11 is 1.61. The Bertz CT molecular complexity index is 777. The lowest BCUT2D eigenvalue weighted by Gasteiger charge is -2.02. The fraction of sp³-hybridized carbons (Fsp3) is 0.0625. The molecule has 0 fully saturated rings. The number of thioether (sulfide) groups is 1. The second-order valence-electron chi connectivity index (χ2n) is 4.42. The molecule has 1 N–H and O–H groups in total. The molecule has 20 heavy (non-hydrogen) atoms. The van der Waals surface area contributed by atoms with Crippen LogP contribution in [0.4, 0.5) is 4.39 Å². The average molecular weight is 285 g/mol. The van der Waals surface area contributed by atoms with Crippen LogP contribution < -0.4 is 0 Å². The van der Waals surface area contributed by atoms with Crippen LogP contribution in [-0.2, 0) is 0 Å². The van der Waals surface area contributed by atoms with Gasteiger partial charge in [-0.25, -0.2) is 4.39 Å². The molecular weight excluding hydrogens is 273 g/mol. The van der Waals surface area contributed by atoms with Crippen molar-refractivity contribution >= 4 is 28.4 Å². The van der Waals surface area contributed by atoms with Crippen molar-refractivity contribution in [2.45, 2.75) is 4.90 Å². The Balaban J connectivity index is 2.08. The van der Waals surface area contributed by atoms with E-state index in [4.69, 9.17) is 0 Å². The van der Waals surface area contributed by atoms with Crippen LogP contribution in [0.15, 0.2) is 53.6 Å². The van der Waals surface area contributed by atoms with Crippen LogP contribution >= 0.6 is 11.8 Å². The van der Waals surface area contributed by atoms with E-state index >= 15 is 0 Å². The highest BCUT2D eigenvalue weighted by Crippen LogP contribution is 2.24. The largest absolute Gasteiger partial charge is 0.360 e. The minimum absolute atomic E-state index is 0.172. The molecule has 0 saturated carbocycles. The first kappa shape index (κ1) is 12.9. The fourth-order valence-electron chi connectivity index (χ4n) is 2.22. The highest BCUT2D eigenvalue weighted by Gasteiger charge is 2.16. The molecule has 0 aliphatic heterocycles. The highest BCUT2D eigenvalue weighted by atomic mass is 32.2. The fourth-order valence-corrected chi connectivity index (χ4v) is 2.63. The molecule has 0 spiro atoms. The summed E-state index contributed by atoms with van der Waals surface area (Å²) < 4.78 is 13.9. The number of ketones is 1. The monoisotopic (exact) mass is 285 g/mol. The van der Waals surface area contributed by atoms with Crippen LogP contribution in [0, 0.1) is 5.82 Å². The lowest BCUT2D eigenvalue weighted by atomic mass is 10.0. The average Bonchev–Trinajstić information content (AvgIpc) is 2.92. The second kappa shape index (κ2) is 5.13. The number of fused-ring (bicyclic) bond motifs is 1. The Morgan fingerprint density at radius 2 is 1.90 bits per heavy atom. The van der Waals surface area contributed by atoms with E-state index in [-0.39, 0.29) is 11.6 Å². The Kier molecular flexibility index (Phi) is 3.32. The van der Waals surface area contributed by atoms with Crippen molar-refractivity contribution < 1.29 is 9.18 Å². The van der Waals surface area contributed by atoms with Crippen LogP contribution in [-0.4, -0.2) is 17.0 Å². The SMILES string of the molecule is CSc1ccc(C(=O)c2c[nH]c3cccc(F)c23)cc1. The molecular formula is C16H12FNOS. The molecule has 0 bridgehead atoms. The molecule has 0 aliphatic carbocycles. The number of carbonyl (C=O) groups excluding carboxylic acids is 1. The van der Waals surface area contributed by atoms with Gasteiger partial charge in [0.2, 0.25) is 0 Å². The molecule has 0 amide bonds. The summed E-state index contributed by atoms with van der Waals surface area (Å²) in [4.78, 5) is 16.5. The quantitative estimate of drug-likeness (QED) is 0.576. The molecule has 0 unspecified atom stereocenters. The van der Waals surface area contributed by atoms with Crippen LogP contribution in [0.1, 0.15) is 15.9 Å². The molecule has 2 nitrogen and oxygen atoms in total. The first-order valence-electron chi connectivity index (χ1n) is 6.15. The summed E-state index contributed by atoms with van der Waals surface area (Å²) in [7, 11) is 0. The summed E-state index contributed by atoms with van der Waals surface area (Å²) in [5.41, 5.74) is 1.57. The van der Waals surface area contributed by atoms with E-state index in [2.05, 4.69) is 4.98 Å². The van der Waals surface area contributed by atoms with Crippen molar-refractivity contribution in [3.05, 3.63) is 65.6 Å². The number of benzene rings is 2. The van der Waals surface area contributed by atoms with Crippen molar-refractivity contribution in [1.29, 1.82) is 0 Å². The van der Waals surface area contributed by atoms with Crippen molar-refractivity contribution in [3.8, 4) is 0 Å². The Morgan fingerprint density at radius 1 is 1.15 bits per heavy atom. The first-order chi connectivity index (χ1) is 9.70. The molecule has 1 aromatic heterocycles. The van der Waals surface area contributed by atoms with E-state index in [1.807, 2.05) is 18.4 Å². The van der Waals surface area contributed by atoms with Gasteiger partial charge in [-0.2, -0.15) is 0 Å². The second-order valence-corrected chi connectivity index (χ2v) is 5.30. The van der Waals surface area contributed by atoms with Crippen LogP contribution in [0.5, 0.6) is 0 Å². The normalized spacial score (nSPS) is 10.9. The molecule has 100 valence electrons. The van der Waals surface area contributed by atoms with E-state index in [0.717, 1.165) is 4.90 Å². The van der Waals surface area contributed by atoms with Crippen LogP contribution in [0.3, 0.4) is 0 Å². The summed E-state index contributed by atoms with van der Waals surface area (Å²) in [5.74, 6) is -0.554. The van der Waals surface area contributed by atoms with Gasteiger partial charge in [-0.1, -0.05) is 6.07 Å². The van der Waals surface area contributed by atoms with E-state index in [1.165, 1.54) is 6.07 Å². The number of H-pyrrole nitrogens is 1. The number of halogens is 1. The topological polar surface area (TPSA) is 32.9 Å². The van der Waals surface area contributed by atoms with E-state index in [1.54, 1.807) is 42.2 Å². The van der Waals surface area contributed by atoms with Gasteiger partial charge in [0.1, 0.15) is 5.82 Å². The molecule has 2 aromatic carbocycles. The number of hydrogen-bond acceptors (Lipinski definition) is 2. The third kappa shape index (κ3) is 2.12. The smallest absolute Gasteiger partial charge is 0.195 e. The minimum Gasteiger partial charge on any atom is -0.360 e. The van der Waals surface area contributed by atoms with Crippen molar-refractivity contribution in [1.82, 2.24) is 4.98 Å². The minimum atomic E-state index is -0.382.